The molecule has 0 atom stereocenters. The zero-order valence-corrected chi connectivity index (χ0v) is 22.3. The fourth-order valence-corrected chi connectivity index (χ4v) is 6.75. The first-order chi connectivity index (χ1) is 18.2. The third kappa shape index (κ3) is 4.82. The summed E-state index contributed by atoms with van der Waals surface area (Å²) in [4.78, 5) is 23.3. The zero-order valence-electron chi connectivity index (χ0n) is 21.5. The van der Waals surface area contributed by atoms with Crippen molar-refractivity contribution in [2.75, 3.05) is 31.1 Å². The van der Waals surface area contributed by atoms with E-state index in [0.29, 0.717) is 6.04 Å². The maximum Gasteiger partial charge on any atom is 0.255 e. The molecule has 2 fully saturated rings. The molecular weight excluding hydrogens is 476 g/mol. The Hall–Kier alpha value is -3.38. The summed E-state index contributed by atoms with van der Waals surface area (Å²) in [6.07, 6.45) is 6.14. The van der Waals surface area contributed by atoms with Crippen LogP contribution in [0.2, 0.25) is 0 Å². The van der Waals surface area contributed by atoms with E-state index in [1.165, 1.54) is 37.8 Å². The number of benzene rings is 2. The standard InChI is InChI=1S/C31H34N4OS/c1-23-27(31(36)34-19-17-33(18-20-34)25-13-7-3-8-14-25)21-29(35(23)26-15-9-4-10-16-26)28-22-37-30(32-28)24-11-5-2-6-12-24/h2-3,5-8,11-14,21-22,26H,4,9-10,15-20H2,1H3. The molecular formula is C31H34N4OS. The first-order valence-electron chi connectivity index (χ1n) is 13.5. The molecule has 1 amide bonds. The second-order valence-electron chi connectivity index (χ2n) is 10.2. The fourth-order valence-electron chi connectivity index (χ4n) is 5.93. The van der Waals surface area contributed by atoms with E-state index in [2.05, 4.69) is 76.4 Å². The number of amides is 1. The highest BCUT2D eigenvalue weighted by molar-refractivity contribution is 7.13. The third-order valence-corrected chi connectivity index (χ3v) is 8.83. The summed E-state index contributed by atoms with van der Waals surface area (Å²) < 4.78 is 2.44. The van der Waals surface area contributed by atoms with Gasteiger partial charge in [0.15, 0.2) is 0 Å². The van der Waals surface area contributed by atoms with Gasteiger partial charge in [-0.15, -0.1) is 11.3 Å². The molecule has 6 heteroatoms. The molecule has 0 bridgehead atoms. The predicted molar refractivity (Wildman–Crippen MR) is 152 cm³/mol. The van der Waals surface area contributed by atoms with Crippen LogP contribution in [-0.4, -0.2) is 46.5 Å². The number of aromatic nitrogens is 2. The summed E-state index contributed by atoms with van der Waals surface area (Å²) in [5.74, 6) is 0.152. The number of carbonyl (C=O) groups excluding carboxylic acids is 1. The van der Waals surface area contributed by atoms with Gasteiger partial charge in [0, 0.05) is 54.5 Å². The number of para-hydroxylation sites is 1. The van der Waals surface area contributed by atoms with Crippen LogP contribution in [-0.2, 0) is 0 Å². The van der Waals surface area contributed by atoms with E-state index in [0.717, 1.165) is 59.4 Å². The van der Waals surface area contributed by atoms with Crippen molar-refractivity contribution in [2.24, 2.45) is 0 Å². The molecule has 37 heavy (non-hydrogen) atoms. The van der Waals surface area contributed by atoms with Crippen molar-refractivity contribution in [3.8, 4) is 22.0 Å². The van der Waals surface area contributed by atoms with Gasteiger partial charge in [0.2, 0.25) is 0 Å². The van der Waals surface area contributed by atoms with Crippen molar-refractivity contribution in [2.45, 2.75) is 45.1 Å². The number of thiazole rings is 1. The van der Waals surface area contributed by atoms with Crippen molar-refractivity contribution in [3.63, 3.8) is 0 Å². The minimum atomic E-state index is 0.152. The van der Waals surface area contributed by atoms with Crippen molar-refractivity contribution in [1.82, 2.24) is 14.5 Å². The van der Waals surface area contributed by atoms with Crippen LogP contribution in [0.4, 0.5) is 5.69 Å². The first-order valence-corrected chi connectivity index (χ1v) is 14.4. The van der Waals surface area contributed by atoms with Gasteiger partial charge in [-0.3, -0.25) is 4.79 Å². The van der Waals surface area contributed by atoms with Gasteiger partial charge >= 0.3 is 0 Å². The molecule has 1 saturated heterocycles. The molecule has 5 nitrogen and oxygen atoms in total. The van der Waals surface area contributed by atoms with E-state index in [1.54, 1.807) is 11.3 Å². The van der Waals surface area contributed by atoms with Crippen molar-refractivity contribution < 1.29 is 4.79 Å². The number of carbonyl (C=O) groups is 1. The van der Waals surface area contributed by atoms with Gasteiger partial charge < -0.3 is 14.4 Å². The van der Waals surface area contributed by atoms with Crippen molar-refractivity contribution in [1.29, 1.82) is 0 Å². The Labute approximate surface area is 223 Å². The molecule has 6 rings (SSSR count). The topological polar surface area (TPSA) is 41.4 Å². The Kier molecular flexibility index (Phi) is 6.83. The van der Waals surface area contributed by atoms with Crippen molar-refractivity contribution in [3.05, 3.63) is 83.4 Å². The third-order valence-electron chi connectivity index (χ3n) is 7.94. The van der Waals surface area contributed by atoms with Gasteiger partial charge in [0.25, 0.3) is 5.91 Å². The average Bonchev–Trinajstić information content (AvgIpc) is 3.59. The SMILES string of the molecule is Cc1c(C(=O)N2CCN(c3ccccc3)CC2)cc(-c2csc(-c3ccccc3)n2)n1C1CCCCC1. The molecule has 3 heterocycles. The molecule has 2 aromatic heterocycles. The van der Waals surface area contributed by atoms with E-state index in [-0.39, 0.29) is 5.91 Å². The molecule has 0 unspecified atom stereocenters. The summed E-state index contributed by atoms with van der Waals surface area (Å²) >= 11 is 1.68. The molecule has 2 aromatic carbocycles. The maximum absolute atomic E-state index is 13.8. The van der Waals surface area contributed by atoms with Crippen LogP contribution in [0.1, 0.15) is 54.2 Å². The Morgan fingerprint density at radius 3 is 2.27 bits per heavy atom. The molecule has 1 aliphatic heterocycles. The lowest BCUT2D eigenvalue weighted by Gasteiger charge is -2.36. The minimum absolute atomic E-state index is 0.152. The quantitative estimate of drug-likeness (QED) is 0.289. The molecule has 1 aliphatic carbocycles. The molecule has 0 radical (unpaired) electrons. The van der Waals surface area contributed by atoms with E-state index in [4.69, 9.17) is 4.98 Å². The number of hydrogen-bond donors (Lipinski definition) is 0. The van der Waals surface area contributed by atoms with Gasteiger partial charge in [-0.2, -0.15) is 0 Å². The minimum Gasteiger partial charge on any atom is -0.368 e. The second-order valence-corrected chi connectivity index (χ2v) is 11.1. The van der Waals surface area contributed by atoms with Gasteiger partial charge in [-0.1, -0.05) is 67.8 Å². The monoisotopic (exact) mass is 510 g/mol. The average molecular weight is 511 g/mol. The highest BCUT2D eigenvalue weighted by Gasteiger charge is 2.29. The van der Waals surface area contributed by atoms with Crippen LogP contribution in [0.5, 0.6) is 0 Å². The molecule has 0 N–H and O–H groups in total. The van der Waals surface area contributed by atoms with E-state index < -0.39 is 0 Å². The highest BCUT2D eigenvalue weighted by Crippen LogP contribution is 2.38. The van der Waals surface area contributed by atoms with Gasteiger partial charge in [-0.25, -0.2) is 4.98 Å². The normalized spacial score (nSPS) is 16.8. The Morgan fingerprint density at radius 2 is 1.57 bits per heavy atom. The smallest absolute Gasteiger partial charge is 0.255 e. The van der Waals surface area contributed by atoms with Gasteiger partial charge in [0.1, 0.15) is 5.01 Å². The summed E-state index contributed by atoms with van der Waals surface area (Å²) in [5.41, 5.74) is 6.36. The first kappa shape index (κ1) is 24.0. The second kappa shape index (κ2) is 10.5. The molecule has 190 valence electrons. The predicted octanol–water partition coefficient (Wildman–Crippen LogP) is 7.05. The molecule has 2 aliphatic rings. The van der Waals surface area contributed by atoms with Gasteiger partial charge in [0.05, 0.1) is 17.0 Å². The molecule has 4 aromatic rings. The highest BCUT2D eigenvalue weighted by atomic mass is 32.1. The maximum atomic E-state index is 13.8. The van der Waals surface area contributed by atoms with E-state index in [1.807, 2.05) is 17.0 Å². The van der Waals surface area contributed by atoms with Crippen LogP contribution in [0, 0.1) is 6.92 Å². The zero-order chi connectivity index (χ0) is 25.2. The molecule has 0 spiro atoms. The van der Waals surface area contributed by atoms with Crippen LogP contribution >= 0.6 is 11.3 Å². The summed E-state index contributed by atoms with van der Waals surface area (Å²) in [6, 6.07) is 23.4. The van der Waals surface area contributed by atoms with Crippen LogP contribution < -0.4 is 4.90 Å². The van der Waals surface area contributed by atoms with Crippen LogP contribution in [0.3, 0.4) is 0 Å². The number of hydrogen-bond acceptors (Lipinski definition) is 4. The van der Waals surface area contributed by atoms with Gasteiger partial charge in [-0.05, 0) is 38.0 Å². The van der Waals surface area contributed by atoms with Crippen LogP contribution in [0.15, 0.2) is 72.1 Å². The van der Waals surface area contributed by atoms with Crippen molar-refractivity contribution >= 4 is 22.9 Å². The summed E-state index contributed by atoms with van der Waals surface area (Å²) in [7, 11) is 0. The molecule has 1 saturated carbocycles. The van der Waals surface area contributed by atoms with E-state index >= 15 is 0 Å². The van der Waals surface area contributed by atoms with Crippen LogP contribution in [0.25, 0.3) is 22.0 Å². The fraction of sp³-hybridized carbons (Fsp3) is 0.355. The summed E-state index contributed by atoms with van der Waals surface area (Å²) in [6.45, 7) is 5.34. The Balaban J connectivity index is 1.29. The lowest BCUT2D eigenvalue weighted by molar-refractivity contribution is 0.0745. The number of piperazine rings is 1. The number of rotatable bonds is 5. The number of anilines is 1. The Morgan fingerprint density at radius 1 is 0.892 bits per heavy atom. The van der Waals surface area contributed by atoms with E-state index in [9.17, 15) is 4.79 Å². The number of nitrogens with zero attached hydrogens (tertiary/aromatic N) is 4. The lowest BCUT2D eigenvalue weighted by Crippen LogP contribution is -2.48. The summed E-state index contributed by atoms with van der Waals surface area (Å²) in [5, 5.41) is 3.18. The lowest BCUT2D eigenvalue weighted by atomic mass is 9.95. The Bertz CT molecular complexity index is 1350. The largest absolute Gasteiger partial charge is 0.368 e.